The van der Waals surface area contributed by atoms with Crippen LogP contribution < -0.4 is 15.4 Å². The van der Waals surface area contributed by atoms with Gasteiger partial charge in [0.1, 0.15) is 5.01 Å². The Morgan fingerprint density at radius 3 is 2.46 bits per heavy atom. The molecule has 3 N–H and O–H groups in total. The molecule has 0 fully saturated rings. The number of aliphatic imine (C=N–C) groups is 1. The van der Waals surface area contributed by atoms with Gasteiger partial charge >= 0.3 is 0 Å². The van der Waals surface area contributed by atoms with Crippen LogP contribution in [0.4, 0.5) is 0 Å². The first-order valence-electron chi connectivity index (χ1n) is 9.27. The van der Waals surface area contributed by atoms with Gasteiger partial charge in [0.05, 0.1) is 12.3 Å². The molecule has 0 spiro atoms. The first-order valence-corrected chi connectivity index (χ1v) is 11.7. The number of thiazole rings is 1. The number of nitrogens with one attached hydrogen (secondary N) is 3. The molecule has 0 aliphatic heterocycles. The Labute approximate surface area is 171 Å². The van der Waals surface area contributed by atoms with Crippen LogP contribution in [-0.4, -0.2) is 32.5 Å². The lowest BCUT2D eigenvalue weighted by Gasteiger charge is -2.15. The summed E-state index contributed by atoms with van der Waals surface area (Å²) in [5.41, 5.74) is 1.69. The van der Waals surface area contributed by atoms with Crippen LogP contribution in [0.3, 0.4) is 0 Å². The molecule has 28 heavy (non-hydrogen) atoms. The third kappa shape index (κ3) is 7.21. The first-order chi connectivity index (χ1) is 13.3. The van der Waals surface area contributed by atoms with Crippen LogP contribution in [0.5, 0.6) is 0 Å². The van der Waals surface area contributed by atoms with Gasteiger partial charge in [0.25, 0.3) is 0 Å². The second-order valence-electron chi connectivity index (χ2n) is 6.65. The van der Waals surface area contributed by atoms with Crippen molar-refractivity contribution >= 4 is 27.3 Å². The van der Waals surface area contributed by atoms with Gasteiger partial charge in [0.15, 0.2) is 5.96 Å². The number of hydrogen-bond donors (Lipinski definition) is 3. The van der Waals surface area contributed by atoms with Crippen LogP contribution in [0.2, 0.25) is 0 Å². The lowest BCUT2D eigenvalue weighted by molar-refractivity contribution is 0.568. The number of sulfonamides is 1. The zero-order chi connectivity index (χ0) is 20.6. The van der Waals surface area contributed by atoms with Crippen molar-refractivity contribution in [1.29, 1.82) is 0 Å². The number of aromatic nitrogens is 1. The van der Waals surface area contributed by atoms with E-state index in [1.165, 1.54) is 4.88 Å². The Morgan fingerprint density at radius 2 is 1.86 bits per heavy atom. The minimum absolute atomic E-state index is 0.0476. The molecule has 0 aliphatic rings. The summed E-state index contributed by atoms with van der Waals surface area (Å²) in [6.07, 6.45) is 2.88. The van der Waals surface area contributed by atoms with Crippen LogP contribution in [-0.2, 0) is 35.3 Å². The summed E-state index contributed by atoms with van der Waals surface area (Å²) in [4.78, 5) is 9.87. The highest BCUT2D eigenvalue weighted by Gasteiger charge is 2.15. The lowest BCUT2D eigenvalue weighted by atomic mass is 10.1. The topological polar surface area (TPSA) is 95.5 Å². The van der Waals surface area contributed by atoms with E-state index < -0.39 is 10.0 Å². The Bertz CT molecular complexity index is 891. The van der Waals surface area contributed by atoms with Gasteiger partial charge in [-0.1, -0.05) is 31.2 Å². The fraction of sp³-hybridized carbons (Fsp3) is 0.474. The summed E-state index contributed by atoms with van der Waals surface area (Å²) >= 11 is 1.68. The number of nitrogens with zero attached hydrogens (tertiary/aromatic N) is 2. The largest absolute Gasteiger partial charge is 0.352 e. The molecule has 1 aromatic heterocycles. The van der Waals surface area contributed by atoms with Crippen LogP contribution >= 0.6 is 11.3 Å². The molecule has 2 rings (SSSR count). The predicted octanol–water partition coefficient (Wildman–Crippen LogP) is 2.40. The van der Waals surface area contributed by atoms with Crippen molar-refractivity contribution in [3.05, 3.63) is 51.5 Å². The SMILES string of the molecule is CCc1cnc(CNC(=NC)NCc2ccccc2CS(=O)(=O)NC(C)C)s1. The summed E-state index contributed by atoms with van der Waals surface area (Å²) < 4.78 is 27.2. The molecule has 0 bridgehead atoms. The van der Waals surface area contributed by atoms with E-state index in [1.807, 2.05) is 44.3 Å². The average Bonchev–Trinajstić information content (AvgIpc) is 3.09. The number of rotatable bonds is 9. The average molecular weight is 424 g/mol. The van der Waals surface area contributed by atoms with Crippen molar-refractivity contribution in [2.45, 2.75) is 52.1 Å². The molecule has 0 saturated heterocycles. The summed E-state index contributed by atoms with van der Waals surface area (Å²) in [6.45, 7) is 6.81. The molecular weight excluding hydrogens is 394 g/mol. The van der Waals surface area contributed by atoms with Crippen LogP contribution in [0.25, 0.3) is 0 Å². The summed E-state index contributed by atoms with van der Waals surface area (Å²) in [6, 6.07) is 7.40. The Hall–Kier alpha value is -1.97. The molecule has 0 atom stereocenters. The first kappa shape index (κ1) is 22.3. The fourth-order valence-corrected chi connectivity index (χ4v) is 4.92. The van der Waals surface area contributed by atoms with Gasteiger partial charge in [0, 0.05) is 30.7 Å². The van der Waals surface area contributed by atoms with E-state index in [-0.39, 0.29) is 11.8 Å². The van der Waals surface area contributed by atoms with Gasteiger partial charge in [-0.2, -0.15) is 0 Å². The van der Waals surface area contributed by atoms with Crippen LogP contribution in [0.1, 0.15) is 41.8 Å². The third-order valence-electron chi connectivity index (χ3n) is 3.91. The van der Waals surface area contributed by atoms with Gasteiger partial charge in [0.2, 0.25) is 10.0 Å². The van der Waals surface area contributed by atoms with Crippen LogP contribution in [0, 0.1) is 0 Å². The molecular formula is C19H29N5O2S2. The van der Waals surface area contributed by atoms with Gasteiger partial charge < -0.3 is 10.6 Å². The van der Waals surface area contributed by atoms with E-state index in [9.17, 15) is 8.42 Å². The summed E-state index contributed by atoms with van der Waals surface area (Å²) in [5, 5.41) is 7.49. The lowest BCUT2D eigenvalue weighted by Crippen LogP contribution is -2.36. The zero-order valence-electron chi connectivity index (χ0n) is 16.8. The molecule has 154 valence electrons. The van der Waals surface area contributed by atoms with Crippen molar-refractivity contribution in [2.24, 2.45) is 4.99 Å². The Morgan fingerprint density at radius 1 is 1.18 bits per heavy atom. The smallest absolute Gasteiger partial charge is 0.216 e. The van der Waals surface area contributed by atoms with Crippen molar-refractivity contribution in [2.75, 3.05) is 7.05 Å². The highest BCUT2D eigenvalue weighted by Crippen LogP contribution is 2.14. The van der Waals surface area contributed by atoms with Crippen molar-refractivity contribution in [1.82, 2.24) is 20.3 Å². The second-order valence-corrected chi connectivity index (χ2v) is 9.61. The molecule has 1 heterocycles. The number of aryl methyl sites for hydroxylation is 1. The quantitative estimate of drug-likeness (QED) is 0.425. The van der Waals surface area contributed by atoms with E-state index in [0.29, 0.717) is 19.0 Å². The van der Waals surface area contributed by atoms with Gasteiger partial charge in [-0.05, 0) is 31.4 Å². The monoisotopic (exact) mass is 423 g/mol. The van der Waals surface area contributed by atoms with E-state index >= 15 is 0 Å². The molecule has 7 nitrogen and oxygen atoms in total. The zero-order valence-corrected chi connectivity index (χ0v) is 18.5. The van der Waals surface area contributed by atoms with Gasteiger partial charge in [-0.3, -0.25) is 4.99 Å². The Balaban J connectivity index is 1.97. The fourth-order valence-electron chi connectivity index (χ4n) is 2.63. The summed E-state index contributed by atoms with van der Waals surface area (Å²) in [7, 11) is -1.67. The maximum Gasteiger partial charge on any atom is 0.216 e. The molecule has 0 unspecified atom stereocenters. The normalized spacial score (nSPS) is 12.4. The maximum atomic E-state index is 12.3. The third-order valence-corrected chi connectivity index (χ3v) is 6.57. The van der Waals surface area contributed by atoms with E-state index in [1.54, 1.807) is 18.4 Å². The van der Waals surface area contributed by atoms with Crippen molar-refractivity contribution in [3.8, 4) is 0 Å². The minimum Gasteiger partial charge on any atom is -0.352 e. The minimum atomic E-state index is -3.38. The molecule has 0 aliphatic carbocycles. The van der Waals surface area contributed by atoms with Crippen molar-refractivity contribution in [3.63, 3.8) is 0 Å². The predicted molar refractivity (Wildman–Crippen MR) is 116 cm³/mol. The Kier molecular flexibility index (Phi) is 8.40. The highest BCUT2D eigenvalue weighted by molar-refractivity contribution is 7.88. The highest BCUT2D eigenvalue weighted by atomic mass is 32.2. The number of guanidine groups is 1. The number of benzene rings is 1. The summed E-state index contributed by atoms with van der Waals surface area (Å²) in [5.74, 6) is 0.597. The van der Waals surface area contributed by atoms with Crippen LogP contribution in [0.15, 0.2) is 35.5 Å². The molecule has 0 amide bonds. The standard InChI is InChI=1S/C19H29N5O2S2/c1-5-17-11-21-18(27-17)12-23-19(20-4)22-10-15-8-6-7-9-16(15)13-28(25,26)24-14(2)3/h6-9,11,14,24H,5,10,12-13H2,1-4H3,(H2,20,22,23). The molecule has 1 aromatic carbocycles. The van der Waals surface area contributed by atoms with E-state index in [4.69, 9.17) is 0 Å². The van der Waals surface area contributed by atoms with Gasteiger partial charge in [-0.25, -0.2) is 18.1 Å². The van der Waals surface area contributed by atoms with E-state index in [0.717, 1.165) is 22.6 Å². The number of hydrogen-bond acceptors (Lipinski definition) is 5. The molecule has 9 heteroatoms. The molecule has 0 radical (unpaired) electrons. The molecule has 2 aromatic rings. The second kappa shape index (κ2) is 10.5. The van der Waals surface area contributed by atoms with Gasteiger partial charge in [-0.15, -0.1) is 11.3 Å². The molecule has 0 saturated carbocycles. The van der Waals surface area contributed by atoms with E-state index in [2.05, 4.69) is 32.3 Å². The van der Waals surface area contributed by atoms with Crippen molar-refractivity contribution < 1.29 is 8.42 Å². The maximum absolute atomic E-state index is 12.3.